The highest BCUT2D eigenvalue weighted by Gasteiger charge is 2.38. The van der Waals surface area contributed by atoms with Crippen molar-refractivity contribution in [2.24, 2.45) is 0 Å². The van der Waals surface area contributed by atoms with Crippen molar-refractivity contribution < 1.29 is 14.6 Å². The maximum atomic E-state index is 10.5. The second-order valence-electron chi connectivity index (χ2n) is 6.07. The summed E-state index contributed by atoms with van der Waals surface area (Å²) in [7, 11) is 1.79. The van der Waals surface area contributed by atoms with E-state index in [0.717, 1.165) is 38.0 Å². The molecule has 1 aliphatic heterocycles. The lowest BCUT2D eigenvalue weighted by Gasteiger charge is -2.46. The Kier molecular flexibility index (Phi) is 4.91. The van der Waals surface area contributed by atoms with Crippen molar-refractivity contribution in [3.63, 3.8) is 0 Å². The predicted octanol–water partition coefficient (Wildman–Crippen LogP) is 1.99. The number of aliphatic hydroxyl groups is 1. The topological polar surface area (TPSA) is 41.9 Å². The smallest absolute Gasteiger partial charge is 0.0917 e. The zero-order valence-corrected chi connectivity index (χ0v) is 12.6. The Bertz CT molecular complexity index is 439. The maximum absolute atomic E-state index is 10.5. The molecule has 2 fully saturated rings. The second-order valence-corrected chi connectivity index (χ2v) is 6.07. The number of ether oxygens (including phenoxy) is 2. The summed E-state index contributed by atoms with van der Waals surface area (Å²) in [5.41, 5.74) is 0.986. The molecule has 1 heterocycles. The molecular weight excluding hydrogens is 266 g/mol. The molecule has 1 aliphatic carbocycles. The van der Waals surface area contributed by atoms with Gasteiger partial charge in [-0.3, -0.25) is 4.90 Å². The maximum Gasteiger partial charge on any atom is 0.0917 e. The minimum Gasteiger partial charge on any atom is -0.387 e. The summed E-state index contributed by atoms with van der Waals surface area (Å²) in [6.45, 7) is 2.33. The van der Waals surface area contributed by atoms with Gasteiger partial charge in [-0.05, 0) is 24.8 Å². The van der Waals surface area contributed by atoms with Crippen LogP contribution in [0.15, 0.2) is 30.3 Å². The van der Waals surface area contributed by atoms with Crippen LogP contribution in [-0.4, -0.2) is 55.1 Å². The molecule has 1 saturated heterocycles. The third-order valence-corrected chi connectivity index (χ3v) is 4.81. The molecular formula is C17H25NO3. The molecule has 0 radical (unpaired) electrons. The molecule has 2 aliphatic rings. The van der Waals surface area contributed by atoms with Gasteiger partial charge in [0.1, 0.15) is 0 Å². The fraction of sp³-hybridized carbons (Fsp3) is 0.647. The fourth-order valence-corrected chi connectivity index (χ4v) is 3.59. The Morgan fingerprint density at radius 2 is 2.14 bits per heavy atom. The van der Waals surface area contributed by atoms with Gasteiger partial charge in [-0.2, -0.15) is 0 Å². The van der Waals surface area contributed by atoms with E-state index in [9.17, 15) is 5.11 Å². The van der Waals surface area contributed by atoms with E-state index < -0.39 is 6.10 Å². The summed E-state index contributed by atoms with van der Waals surface area (Å²) < 4.78 is 11.4. The number of aliphatic hydroxyl groups excluding tert-OH is 1. The largest absolute Gasteiger partial charge is 0.387 e. The molecule has 1 aromatic carbocycles. The lowest BCUT2D eigenvalue weighted by atomic mass is 9.87. The Labute approximate surface area is 126 Å². The zero-order valence-electron chi connectivity index (χ0n) is 12.6. The summed E-state index contributed by atoms with van der Waals surface area (Å²) in [5.74, 6) is 0. The predicted molar refractivity (Wildman–Crippen MR) is 81.2 cm³/mol. The van der Waals surface area contributed by atoms with E-state index >= 15 is 0 Å². The molecule has 1 N–H and O–H groups in total. The number of benzene rings is 1. The van der Waals surface area contributed by atoms with E-state index in [1.807, 2.05) is 30.3 Å². The highest BCUT2D eigenvalue weighted by atomic mass is 16.5. The SMILES string of the molecule is COC1CCC2OCCN(CC(O)c3ccccc3)C2C1. The quantitative estimate of drug-likeness (QED) is 0.921. The molecule has 116 valence electrons. The average molecular weight is 291 g/mol. The van der Waals surface area contributed by atoms with Crippen LogP contribution in [0.4, 0.5) is 0 Å². The van der Waals surface area contributed by atoms with Crippen LogP contribution in [0.25, 0.3) is 0 Å². The summed E-state index contributed by atoms with van der Waals surface area (Å²) in [4.78, 5) is 2.39. The molecule has 1 aromatic rings. The molecule has 21 heavy (non-hydrogen) atoms. The number of methoxy groups -OCH3 is 1. The van der Waals surface area contributed by atoms with Crippen LogP contribution < -0.4 is 0 Å². The van der Waals surface area contributed by atoms with Crippen molar-refractivity contribution in [2.45, 2.75) is 43.6 Å². The van der Waals surface area contributed by atoms with Gasteiger partial charge in [0.05, 0.1) is 24.9 Å². The Morgan fingerprint density at radius 3 is 2.90 bits per heavy atom. The van der Waals surface area contributed by atoms with E-state index in [1.165, 1.54) is 0 Å². The third-order valence-electron chi connectivity index (χ3n) is 4.81. The summed E-state index contributed by atoms with van der Waals surface area (Å²) in [6, 6.07) is 10.3. The Hall–Kier alpha value is -0.940. The van der Waals surface area contributed by atoms with Gasteiger partial charge < -0.3 is 14.6 Å². The number of hydrogen-bond donors (Lipinski definition) is 1. The van der Waals surface area contributed by atoms with Crippen LogP contribution in [0.1, 0.15) is 30.9 Å². The van der Waals surface area contributed by atoms with Crippen LogP contribution in [0, 0.1) is 0 Å². The van der Waals surface area contributed by atoms with Gasteiger partial charge in [-0.15, -0.1) is 0 Å². The molecule has 1 saturated carbocycles. The first-order chi connectivity index (χ1) is 10.3. The molecule has 4 atom stereocenters. The summed E-state index contributed by atoms with van der Waals surface area (Å²) in [5, 5.41) is 10.5. The number of rotatable bonds is 4. The number of fused-ring (bicyclic) bond motifs is 1. The van der Waals surface area contributed by atoms with Crippen molar-refractivity contribution in [1.29, 1.82) is 0 Å². The van der Waals surface area contributed by atoms with Crippen LogP contribution in [-0.2, 0) is 9.47 Å². The monoisotopic (exact) mass is 291 g/mol. The standard InChI is InChI=1S/C17H25NO3/c1-20-14-7-8-17-15(11-14)18(9-10-21-17)12-16(19)13-5-3-2-4-6-13/h2-6,14-17,19H,7-12H2,1H3. The molecule has 0 amide bonds. The van der Waals surface area contributed by atoms with Gasteiger partial charge in [0, 0.05) is 26.2 Å². The lowest BCUT2D eigenvalue weighted by molar-refractivity contribution is -0.120. The van der Waals surface area contributed by atoms with Gasteiger partial charge in [0.15, 0.2) is 0 Å². The molecule has 4 heteroatoms. The van der Waals surface area contributed by atoms with Crippen molar-refractivity contribution in [2.75, 3.05) is 26.8 Å². The Morgan fingerprint density at radius 1 is 1.33 bits per heavy atom. The van der Waals surface area contributed by atoms with E-state index in [4.69, 9.17) is 9.47 Å². The van der Waals surface area contributed by atoms with Gasteiger partial charge in [0.2, 0.25) is 0 Å². The third kappa shape index (κ3) is 3.46. The van der Waals surface area contributed by atoms with Crippen molar-refractivity contribution in [3.8, 4) is 0 Å². The van der Waals surface area contributed by atoms with Crippen LogP contribution in [0.2, 0.25) is 0 Å². The van der Waals surface area contributed by atoms with Crippen molar-refractivity contribution in [3.05, 3.63) is 35.9 Å². The summed E-state index contributed by atoms with van der Waals surface area (Å²) >= 11 is 0. The highest BCUT2D eigenvalue weighted by Crippen LogP contribution is 2.31. The minimum absolute atomic E-state index is 0.299. The van der Waals surface area contributed by atoms with Crippen molar-refractivity contribution in [1.82, 2.24) is 4.90 Å². The van der Waals surface area contributed by atoms with E-state index in [-0.39, 0.29) is 0 Å². The van der Waals surface area contributed by atoms with E-state index in [1.54, 1.807) is 7.11 Å². The Balaban J connectivity index is 1.66. The van der Waals surface area contributed by atoms with Crippen LogP contribution in [0.5, 0.6) is 0 Å². The highest BCUT2D eigenvalue weighted by molar-refractivity contribution is 5.17. The number of hydrogen-bond acceptors (Lipinski definition) is 4. The first-order valence-electron chi connectivity index (χ1n) is 7.89. The first-order valence-corrected chi connectivity index (χ1v) is 7.89. The van der Waals surface area contributed by atoms with Crippen molar-refractivity contribution >= 4 is 0 Å². The second kappa shape index (κ2) is 6.88. The van der Waals surface area contributed by atoms with Gasteiger partial charge >= 0.3 is 0 Å². The van der Waals surface area contributed by atoms with E-state index in [2.05, 4.69) is 4.90 Å². The van der Waals surface area contributed by atoms with Crippen LogP contribution >= 0.6 is 0 Å². The molecule has 4 unspecified atom stereocenters. The number of nitrogens with zero attached hydrogens (tertiary/aromatic N) is 1. The molecule has 3 rings (SSSR count). The molecule has 0 spiro atoms. The average Bonchev–Trinajstić information content (AvgIpc) is 2.55. The number of β-amino-alcohol motifs (C(OH)–C–C–N with tert-alkyl or cyclic N) is 1. The summed E-state index contributed by atoms with van der Waals surface area (Å²) in [6.07, 6.45) is 3.32. The molecule has 0 aromatic heterocycles. The lowest BCUT2D eigenvalue weighted by Crippen LogP contribution is -2.55. The number of morpholine rings is 1. The van der Waals surface area contributed by atoms with E-state index in [0.29, 0.717) is 24.8 Å². The molecule has 0 bridgehead atoms. The minimum atomic E-state index is -0.437. The zero-order chi connectivity index (χ0) is 14.7. The van der Waals surface area contributed by atoms with Gasteiger partial charge in [0.25, 0.3) is 0 Å². The first kappa shape index (κ1) is 15.0. The normalized spacial score (nSPS) is 31.6. The fourth-order valence-electron chi connectivity index (χ4n) is 3.59. The van der Waals surface area contributed by atoms with Crippen LogP contribution in [0.3, 0.4) is 0 Å². The molecule has 4 nitrogen and oxygen atoms in total. The van der Waals surface area contributed by atoms with Gasteiger partial charge in [-0.1, -0.05) is 30.3 Å². The van der Waals surface area contributed by atoms with Gasteiger partial charge in [-0.25, -0.2) is 0 Å².